The minimum absolute atomic E-state index is 0.655. The van der Waals surface area contributed by atoms with Crippen molar-refractivity contribution in [2.45, 2.75) is 13.5 Å². The Labute approximate surface area is 123 Å². The summed E-state index contributed by atoms with van der Waals surface area (Å²) in [5.74, 6) is 1.09. The second-order valence-corrected chi connectivity index (χ2v) is 6.27. The van der Waals surface area contributed by atoms with Gasteiger partial charge in [0.1, 0.15) is 5.82 Å². The standard InChI is InChI=1S/C14H19N5S/c1-11-2-3-16-13(8-11)19-6-4-18(5-7-19)10-12-9-17-14(15)20-12/h2-3,8-9H,4-7,10H2,1H3,(H2,15,17). The summed E-state index contributed by atoms with van der Waals surface area (Å²) in [4.78, 5) is 14.6. The van der Waals surface area contributed by atoms with Gasteiger partial charge in [-0.1, -0.05) is 0 Å². The van der Waals surface area contributed by atoms with E-state index in [1.54, 1.807) is 11.3 Å². The van der Waals surface area contributed by atoms with E-state index < -0.39 is 0 Å². The summed E-state index contributed by atoms with van der Waals surface area (Å²) < 4.78 is 0. The molecule has 3 rings (SSSR count). The van der Waals surface area contributed by atoms with E-state index in [9.17, 15) is 0 Å². The highest BCUT2D eigenvalue weighted by molar-refractivity contribution is 7.15. The number of thiazole rings is 1. The van der Waals surface area contributed by atoms with Crippen LogP contribution >= 0.6 is 11.3 Å². The van der Waals surface area contributed by atoms with Gasteiger partial charge in [0, 0.05) is 50.0 Å². The molecule has 0 aromatic carbocycles. The lowest BCUT2D eigenvalue weighted by atomic mass is 10.2. The number of hydrogen-bond donors (Lipinski definition) is 1. The van der Waals surface area contributed by atoms with Gasteiger partial charge in [-0.05, 0) is 24.6 Å². The Bertz CT molecular complexity index is 574. The summed E-state index contributed by atoms with van der Waals surface area (Å²) in [5, 5.41) is 0.655. The molecule has 1 fully saturated rings. The van der Waals surface area contributed by atoms with Crippen LogP contribution in [0.3, 0.4) is 0 Å². The SMILES string of the molecule is Cc1ccnc(N2CCN(Cc3cnc(N)s3)CC2)c1. The van der Waals surface area contributed by atoms with Gasteiger partial charge >= 0.3 is 0 Å². The third kappa shape index (κ3) is 3.08. The molecule has 0 atom stereocenters. The number of rotatable bonds is 3. The molecule has 0 aliphatic carbocycles. The van der Waals surface area contributed by atoms with Crippen molar-refractivity contribution < 1.29 is 0 Å². The van der Waals surface area contributed by atoms with Crippen LogP contribution in [0, 0.1) is 6.92 Å². The quantitative estimate of drug-likeness (QED) is 0.933. The van der Waals surface area contributed by atoms with E-state index >= 15 is 0 Å². The number of nitrogens with zero attached hydrogens (tertiary/aromatic N) is 4. The van der Waals surface area contributed by atoms with E-state index in [0.717, 1.165) is 38.5 Å². The van der Waals surface area contributed by atoms with Crippen LogP contribution in [0.4, 0.5) is 10.9 Å². The zero-order chi connectivity index (χ0) is 13.9. The van der Waals surface area contributed by atoms with Gasteiger partial charge in [-0.15, -0.1) is 11.3 Å². The van der Waals surface area contributed by atoms with Crippen molar-refractivity contribution in [1.29, 1.82) is 0 Å². The van der Waals surface area contributed by atoms with Crippen molar-refractivity contribution in [1.82, 2.24) is 14.9 Å². The van der Waals surface area contributed by atoms with Gasteiger partial charge in [0.2, 0.25) is 0 Å². The maximum atomic E-state index is 5.67. The first-order valence-corrected chi connectivity index (χ1v) is 7.62. The normalized spacial score (nSPS) is 16.6. The Morgan fingerprint density at radius 3 is 2.70 bits per heavy atom. The molecule has 2 N–H and O–H groups in total. The lowest BCUT2D eigenvalue weighted by molar-refractivity contribution is 0.251. The molecule has 0 unspecified atom stereocenters. The van der Waals surface area contributed by atoms with Crippen LogP contribution in [0.15, 0.2) is 24.5 Å². The molecule has 1 aliphatic heterocycles. The van der Waals surface area contributed by atoms with Crippen molar-refractivity contribution in [2.75, 3.05) is 36.8 Å². The summed E-state index contributed by atoms with van der Waals surface area (Å²) in [6.45, 7) is 7.19. The molecule has 0 amide bonds. The van der Waals surface area contributed by atoms with Crippen LogP contribution in [0.2, 0.25) is 0 Å². The molecule has 0 bridgehead atoms. The molecule has 1 saturated heterocycles. The highest BCUT2D eigenvalue weighted by Crippen LogP contribution is 2.19. The number of pyridine rings is 1. The van der Waals surface area contributed by atoms with Crippen LogP contribution < -0.4 is 10.6 Å². The number of aryl methyl sites for hydroxylation is 1. The highest BCUT2D eigenvalue weighted by Gasteiger charge is 2.18. The second-order valence-electron chi connectivity index (χ2n) is 5.12. The lowest BCUT2D eigenvalue weighted by Crippen LogP contribution is -2.46. The Hall–Kier alpha value is -1.66. The fourth-order valence-corrected chi connectivity index (χ4v) is 3.17. The predicted molar refractivity (Wildman–Crippen MR) is 83.0 cm³/mol. The maximum absolute atomic E-state index is 5.67. The lowest BCUT2D eigenvalue weighted by Gasteiger charge is -2.35. The number of piperazine rings is 1. The maximum Gasteiger partial charge on any atom is 0.180 e. The molecule has 5 nitrogen and oxygen atoms in total. The third-order valence-electron chi connectivity index (χ3n) is 3.55. The zero-order valence-corrected chi connectivity index (χ0v) is 12.4. The molecular formula is C14H19N5S. The van der Waals surface area contributed by atoms with E-state index in [1.165, 1.54) is 10.4 Å². The summed E-state index contributed by atoms with van der Waals surface area (Å²) in [6.07, 6.45) is 3.77. The van der Waals surface area contributed by atoms with Gasteiger partial charge in [-0.3, -0.25) is 4.90 Å². The first kappa shape index (κ1) is 13.3. The Morgan fingerprint density at radius 2 is 2.05 bits per heavy atom. The van der Waals surface area contributed by atoms with Gasteiger partial charge in [0.15, 0.2) is 5.13 Å². The molecule has 0 saturated carbocycles. The Kier molecular flexibility index (Phi) is 3.84. The average Bonchev–Trinajstić information content (AvgIpc) is 2.85. The number of hydrogen-bond acceptors (Lipinski definition) is 6. The fourth-order valence-electron chi connectivity index (χ4n) is 2.44. The molecule has 2 aromatic rings. The van der Waals surface area contributed by atoms with Crippen molar-refractivity contribution >= 4 is 22.3 Å². The highest BCUT2D eigenvalue weighted by atomic mass is 32.1. The number of nitrogen functional groups attached to an aromatic ring is 1. The second kappa shape index (κ2) is 5.76. The molecule has 2 aromatic heterocycles. The number of nitrogens with two attached hydrogens (primary N) is 1. The van der Waals surface area contributed by atoms with E-state index in [2.05, 4.69) is 32.8 Å². The van der Waals surface area contributed by atoms with Gasteiger partial charge < -0.3 is 10.6 Å². The van der Waals surface area contributed by atoms with Gasteiger partial charge in [-0.2, -0.15) is 0 Å². The number of anilines is 2. The molecule has 0 spiro atoms. The molecule has 0 radical (unpaired) electrons. The van der Waals surface area contributed by atoms with Crippen molar-refractivity contribution in [3.8, 4) is 0 Å². The van der Waals surface area contributed by atoms with E-state index in [1.807, 2.05) is 18.5 Å². The largest absolute Gasteiger partial charge is 0.375 e. The molecule has 106 valence electrons. The van der Waals surface area contributed by atoms with Crippen molar-refractivity contribution in [2.24, 2.45) is 0 Å². The van der Waals surface area contributed by atoms with Crippen molar-refractivity contribution in [3.05, 3.63) is 35.0 Å². The smallest absolute Gasteiger partial charge is 0.180 e. The Morgan fingerprint density at radius 1 is 1.25 bits per heavy atom. The monoisotopic (exact) mass is 289 g/mol. The minimum atomic E-state index is 0.655. The van der Waals surface area contributed by atoms with E-state index in [-0.39, 0.29) is 0 Å². The van der Waals surface area contributed by atoms with Crippen LogP contribution in [-0.2, 0) is 6.54 Å². The summed E-state index contributed by atoms with van der Waals surface area (Å²) in [7, 11) is 0. The van der Waals surface area contributed by atoms with Crippen LogP contribution in [0.25, 0.3) is 0 Å². The topological polar surface area (TPSA) is 58.3 Å². The molecule has 3 heterocycles. The van der Waals surface area contributed by atoms with Crippen molar-refractivity contribution in [3.63, 3.8) is 0 Å². The third-order valence-corrected chi connectivity index (χ3v) is 4.36. The van der Waals surface area contributed by atoms with Gasteiger partial charge in [0.05, 0.1) is 0 Å². The molecule has 1 aliphatic rings. The Balaban J connectivity index is 1.57. The number of aromatic nitrogens is 2. The summed E-state index contributed by atoms with van der Waals surface area (Å²) >= 11 is 1.58. The van der Waals surface area contributed by atoms with E-state index in [0.29, 0.717) is 5.13 Å². The molecule has 6 heteroatoms. The summed E-state index contributed by atoms with van der Waals surface area (Å²) in [6, 6.07) is 4.19. The zero-order valence-electron chi connectivity index (χ0n) is 11.6. The molecular weight excluding hydrogens is 270 g/mol. The predicted octanol–water partition coefficient (Wildman–Crippen LogP) is 1.75. The molecule has 20 heavy (non-hydrogen) atoms. The first-order valence-electron chi connectivity index (χ1n) is 6.81. The average molecular weight is 289 g/mol. The van der Waals surface area contributed by atoms with Crippen LogP contribution in [-0.4, -0.2) is 41.0 Å². The minimum Gasteiger partial charge on any atom is -0.375 e. The van der Waals surface area contributed by atoms with Crippen LogP contribution in [0.1, 0.15) is 10.4 Å². The van der Waals surface area contributed by atoms with Gasteiger partial charge in [0.25, 0.3) is 0 Å². The summed E-state index contributed by atoms with van der Waals surface area (Å²) in [5.41, 5.74) is 6.93. The van der Waals surface area contributed by atoms with Crippen LogP contribution in [0.5, 0.6) is 0 Å². The fraction of sp³-hybridized carbons (Fsp3) is 0.429. The van der Waals surface area contributed by atoms with Gasteiger partial charge in [-0.25, -0.2) is 9.97 Å². The first-order chi connectivity index (χ1) is 9.70. The van der Waals surface area contributed by atoms with E-state index in [4.69, 9.17) is 5.73 Å².